The Bertz CT molecular complexity index is 1140. The van der Waals surface area contributed by atoms with Crippen LogP contribution in [0.25, 0.3) is 10.8 Å². The predicted octanol–water partition coefficient (Wildman–Crippen LogP) is 3.64. The third-order valence-corrected chi connectivity index (χ3v) is 7.21. The van der Waals surface area contributed by atoms with Gasteiger partial charge in [-0.05, 0) is 35.0 Å². The summed E-state index contributed by atoms with van der Waals surface area (Å²) in [6, 6.07) is 19.7. The standard InChI is InChI=1S/C21H19ClN2O3S/c22-20-8-4-3-7-19(20)21(25)23-11-13-24(14-12-23)28(26,27)18-10-9-16-5-1-2-6-17(16)15-18/h1-10,15H,11-14H2. The average molecular weight is 415 g/mol. The van der Waals surface area contributed by atoms with E-state index in [0.29, 0.717) is 23.7 Å². The summed E-state index contributed by atoms with van der Waals surface area (Å²) in [5.41, 5.74) is 0.440. The number of benzene rings is 3. The molecule has 4 rings (SSSR count). The summed E-state index contributed by atoms with van der Waals surface area (Å²) in [6.07, 6.45) is 0. The molecule has 1 amide bonds. The second kappa shape index (κ2) is 7.54. The highest BCUT2D eigenvalue weighted by Crippen LogP contribution is 2.24. The number of hydrogen-bond donors (Lipinski definition) is 0. The van der Waals surface area contributed by atoms with Crippen molar-refractivity contribution < 1.29 is 13.2 Å². The SMILES string of the molecule is O=C(c1ccccc1Cl)N1CCN(S(=O)(=O)c2ccc3ccccc3c2)CC1. The highest BCUT2D eigenvalue weighted by Gasteiger charge is 2.31. The van der Waals surface area contributed by atoms with Crippen molar-refractivity contribution >= 4 is 38.3 Å². The zero-order valence-electron chi connectivity index (χ0n) is 15.1. The number of hydrogen-bond acceptors (Lipinski definition) is 3. The lowest BCUT2D eigenvalue weighted by molar-refractivity contribution is 0.0698. The Morgan fingerprint density at radius 3 is 2.18 bits per heavy atom. The first-order chi connectivity index (χ1) is 13.5. The van der Waals surface area contributed by atoms with Crippen LogP contribution in [0.5, 0.6) is 0 Å². The van der Waals surface area contributed by atoms with E-state index >= 15 is 0 Å². The number of fused-ring (bicyclic) bond motifs is 1. The molecule has 1 fully saturated rings. The number of piperazine rings is 1. The zero-order valence-corrected chi connectivity index (χ0v) is 16.7. The van der Waals surface area contributed by atoms with Crippen molar-refractivity contribution in [2.24, 2.45) is 0 Å². The molecule has 1 aliphatic heterocycles. The van der Waals surface area contributed by atoms with Crippen molar-refractivity contribution in [2.45, 2.75) is 4.90 Å². The molecule has 0 atom stereocenters. The molecule has 1 saturated heterocycles. The van der Waals surface area contributed by atoms with Crippen molar-refractivity contribution in [2.75, 3.05) is 26.2 Å². The number of sulfonamides is 1. The Hall–Kier alpha value is -2.41. The first-order valence-corrected chi connectivity index (χ1v) is 10.8. The molecule has 28 heavy (non-hydrogen) atoms. The summed E-state index contributed by atoms with van der Waals surface area (Å²) in [7, 11) is -3.61. The van der Waals surface area contributed by atoms with Gasteiger partial charge in [-0.1, -0.05) is 54.1 Å². The second-order valence-electron chi connectivity index (χ2n) is 6.69. The van der Waals surface area contributed by atoms with Gasteiger partial charge in [-0.2, -0.15) is 4.31 Å². The minimum atomic E-state index is -3.61. The first kappa shape index (κ1) is 18.9. The molecule has 1 heterocycles. The van der Waals surface area contributed by atoms with Gasteiger partial charge in [0.1, 0.15) is 0 Å². The van der Waals surface area contributed by atoms with E-state index in [4.69, 9.17) is 11.6 Å². The van der Waals surface area contributed by atoms with E-state index in [1.165, 1.54) is 4.31 Å². The van der Waals surface area contributed by atoms with Gasteiger partial charge in [0.15, 0.2) is 0 Å². The highest BCUT2D eigenvalue weighted by atomic mass is 35.5. The Morgan fingerprint density at radius 1 is 0.821 bits per heavy atom. The fourth-order valence-electron chi connectivity index (χ4n) is 3.41. The lowest BCUT2D eigenvalue weighted by Crippen LogP contribution is -2.50. The van der Waals surface area contributed by atoms with Crippen molar-refractivity contribution in [3.8, 4) is 0 Å². The highest BCUT2D eigenvalue weighted by molar-refractivity contribution is 7.89. The van der Waals surface area contributed by atoms with Gasteiger partial charge in [-0.3, -0.25) is 4.79 Å². The molecule has 0 bridgehead atoms. The fraction of sp³-hybridized carbons (Fsp3) is 0.190. The molecule has 3 aromatic carbocycles. The molecule has 144 valence electrons. The minimum absolute atomic E-state index is 0.173. The van der Waals surface area contributed by atoms with Crippen LogP contribution >= 0.6 is 11.6 Å². The Kier molecular flexibility index (Phi) is 5.10. The molecule has 0 aliphatic carbocycles. The molecule has 0 N–H and O–H groups in total. The average Bonchev–Trinajstić information content (AvgIpc) is 2.73. The van der Waals surface area contributed by atoms with Crippen LogP contribution in [0.1, 0.15) is 10.4 Å². The summed E-state index contributed by atoms with van der Waals surface area (Å²) in [6.45, 7) is 1.17. The zero-order chi connectivity index (χ0) is 19.7. The van der Waals surface area contributed by atoms with Crippen LogP contribution in [0.3, 0.4) is 0 Å². The fourth-order valence-corrected chi connectivity index (χ4v) is 5.09. The summed E-state index contributed by atoms with van der Waals surface area (Å²) in [4.78, 5) is 14.6. The van der Waals surface area contributed by atoms with E-state index in [1.54, 1.807) is 41.3 Å². The molecular formula is C21H19ClN2O3S. The van der Waals surface area contributed by atoms with E-state index in [0.717, 1.165) is 10.8 Å². The summed E-state index contributed by atoms with van der Waals surface area (Å²) < 4.78 is 27.5. The van der Waals surface area contributed by atoms with Gasteiger partial charge in [0, 0.05) is 26.2 Å². The van der Waals surface area contributed by atoms with Gasteiger partial charge in [-0.15, -0.1) is 0 Å². The van der Waals surface area contributed by atoms with Crippen LogP contribution in [-0.2, 0) is 10.0 Å². The topological polar surface area (TPSA) is 57.7 Å². The number of rotatable bonds is 3. The van der Waals surface area contributed by atoms with Crippen LogP contribution in [0.15, 0.2) is 71.6 Å². The van der Waals surface area contributed by atoms with Gasteiger partial charge < -0.3 is 4.90 Å². The van der Waals surface area contributed by atoms with E-state index < -0.39 is 10.0 Å². The molecule has 0 saturated carbocycles. The maximum absolute atomic E-state index is 13.0. The van der Waals surface area contributed by atoms with Crippen molar-refractivity contribution in [1.29, 1.82) is 0 Å². The number of carbonyl (C=O) groups is 1. The molecule has 0 aromatic heterocycles. The molecule has 0 spiro atoms. The maximum Gasteiger partial charge on any atom is 0.255 e. The molecular weight excluding hydrogens is 396 g/mol. The number of nitrogens with zero attached hydrogens (tertiary/aromatic N) is 2. The predicted molar refractivity (Wildman–Crippen MR) is 110 cm³/mol. The number of carbonyl (C=O) groups excluding carboxylic acids is 1. The van der Waals surface area contributed by atoms with Crippen LogP contribution in [0, 0.1) is 0 Å². The Labute approximate surface area is 169 Å². The molecule has 0 radical (unpaired) electrons. The van der Waals surface area contributed by atoms with Gasteiger partial charge in [-0.25, -0.2) is 8.42 Å². The van der Waals surface area contributed by atoms with Gasteiger partial charge in [0.05, 0.1) is 15.5 Å². The quantitative estimate of drug-likeness (QED) is 0.657. The van der Waals surface area contributed by atoms with Crippen LogP contribution < -0.4 is 0 Å². The normalized spacial score (nSPS) is 15.7. The van der Waals surface area contributed by atoms with Gasteiger partial charge in [0.25, 0.3) is 5.91 Å². The molecule has 5 nitrogen and oxygen atoms in total. The maximum atomic E-state index is 13.0. The minimum Gasteiger partial charge on any atom is -0.336 e. The molecule has 3 aromatic rings. The molecule has 0 unspecified atom stereocenters. The van der Waals surface area contributed by atoms with Gasteiger partial charge >= 0.3 is 0 Å². The lowest BCUT2D eigenvalue weighted by atomic mass is 10.1. The monoisotopic (exact) mass is 414 g/mol. The third-order valence-electron chi connectivity index (χ3n) is 4.99. The molecule has 1 aliphatic rings. The number of amides is 1. The molecule has 7 heteroatoms. The van der Waals surface area contributed by atoms with Gasteiger partial charge in [0.2, 0.25) is 10.0 Å². The summed E-state index contributed by atoms with van der Waals surface area (Å²) >= 11 is 6.11. The lowest BCUT2D eigenvalue weighted by Gasteiger charge is -2.34. The van der Waals surface area contributed by atoms with Crippen LogP contribution in [-0.4, -0.2) is 49.7 Å². The Balaban J connectivity index is 1.50. The van der Waals surface area contributed by atoms with Crippen LogP contribution in [0.4, 0.5) is 0 Å². The second-order valence-corrected chi connectivity index (χ2v) is 9.03. The summed E-state index contributed by atoms with van der Waals surface area (Å²) in [5.74, 6) is -0.173. The van der Waals surface area contributed by atoms with E-state index in [9.17, 15) is 13.2 Å². The Morgan fingerprint density at radius 2 is 1.46 bits per heavy atom. The van der Waals surface area contributed by atoms with E-state index in [1.807, 2.05) is 30.3 Å². The third kappa shape index (κ3) is 3.51. The smallest absolute Gasteiger partial charge is 0.255 e. The van der Waals surface area contributed by atoms with Crippen LogP contribution in [0.2, 0.25) is 5.02 Å². The van der Waals surface area contributed by atoms with Crippen molar-refractivity contribution in [3.05, 3.63) is 77.3 Å². The number of halogens is 1. The van der Waals surface area contributed by atoms with E-state index in [2.05, 4.69) is 0 Å². The van der Waals surface area contributed by atoms with Crippen molar-refractivity contribution in [1.82, 2.24) is 9.21 Å². The first-order valence-electron chi connectivity index (χ1n) is 8.99. The van der Waals surface area contributed by atoms with E-state index in [-0.39, 0.29) is 23.9 Å². The van der Waals surface area contributed by atoms with Crippen molar-refractivity contribution in [3.63, 3.8) is 0 Å². The summed E-state index contributed by atoms with van der Waals surface area (Å²) in [5, 5.41) is 2.28. The largest absolute Gasteiger partial charge is 0.336 e.